The van der Waals surface area contributed by atoms with Crippen molar-refractivity contribution in [2.24, 2.45) is 0 Å². The molecule has 5 rings (SSSR count). The molecule has 4 aromatic carbocycles. The van der Waals surface area contributed by atoms with Crippen molar-refractivity contribution in [3.05, 3.63) is 60.2 Å². The molecule has 0 spiro atoms. The fourth-order valence-electron chi connectivity index (χ4n) is 4.14. The maximum atomic E-state index is 2.40. The predicted octanol–water partition coefficient (Wildman–Crippen LogP) is 6.42. The molecule has 0 saturated carbocycles. The smallest absolute Gasteiger partial charge is 0.00113 e. The summed E-state index contributed by atoms with van der Waals surface area (Å²) in [5.74, 6) is 0. The zero-order chi connectivity index (χ0) is 15.1. The zero-order valence-corrected chi connectivity index (χ0v) is 13.2. The lowest BCUT2D eigenvalue weighted by Crippen LogP contribution is -2.11. The second-order valence-electron chi connectivity index (χ2n) is 7.47. The summed E-state index contributed by atoms with van der Waals surface area (Å²) in [4.78, 5) is 0. The third kappa shape index (κ3) is 1.33. The van der Waals surface area contributed by atoms with E-state index in [0.717, 1.165) is 0 Å². The Morgan fingerprint density at radius 2 is 1.27 bits per heavy atom. The van der Waals surface area contributed by atoms with Crippen LogP contribution < -0.4 is 0 Å². The summed E-state index contributed by atoms with van der Waals surface area (Å²) in [6, 6.07) is 20.4. The van der Waals surface area contributed by atoms with Gasteiger partial charge in [-0.2, -0.15) is 0 Å². The van der Waals surface area contributed by atoms with Crippen LogP contribution >= 0.6 is 0 Å². The molecule has 0 radical (unpaired) electrons. The molecule has 1 aliphatic carbocycles. The molecule has 22 heavy (non-hydrogen) atoms. The maximum absolute atomic E-state index is 2.40. The van der Waals surface area contributed by atoms with Gasteiger partial charge in [-0.1, -0.05) is 69.3 Å². The average molecular weight is 282 g/mol. The van der Waals surface area contributed by atoms with Crippen molar-refractivity contribution in [3.63, 3.8) is 0 Å². The van der Waals surface area contributed by atoms with Crippen LogP contribution in [0.4, 0.5) is 0 Å². The van der Waals surface area contributed by atoms with Crippen molar-refractivity contribution < 1.29 is 0 Å². The molecular formula is C22H18. The number of rotatable bonds is 0. The molecule has 4 aromatic rings. The van der Waals surface area contributed by atoms with Gasteiger partial charge in [-0.3, -0.25) is 0 Å². The Bertz CT molecular complexity index is 1070. The van der Waals surface area contributed by atoms with E-state index < -0.39 is 0 Å². The topological polar surface area (TPSA) is 0 Å². The van der Waals surface area contributed by atoms with E-state index in [0.29, 0.717) is 0 Å². The van der Waals surface area contributed by atoms with Crippen molar-refractivity contribution in [1.29, 1.82) is 0 Å². The number of fused-ring (bicyclic) bond motifs is 1. The van der Waals surface area contributed by atoms with Crippen LogP contribution in [-0.4, -0.2) is 0 Å². The Labute approximate surface area is 130 Å². The second-order valence-corrected chi connectivity index (χ2v) is 7.47. The Kier molecular flexibility index (Phi) is 2.06. The van der Waals surface area contributed by atoms with E-state index >= 15 is 0 Å². The van der Waals surface area contributed by atoms with Gasteiger partial charge in [-0.15, -0.1) is 0 Å². The van der Waals surface area contributed by atoms with E-state index in [1.807, 2.05) is 0 Å². The standard InChI is InChI=1S/C22H18/c1-22(2,3)18-12-14-7-5-9-16-15-8-4-6-13-10-11-17(18)21(19(13)15)20(14)16/h4-12H,1-3H3. The van der Waals surface area contributed by atoms with Gasteiger partial charge in [-0.25, -0.2) is 0 Å². The van der Waals surface area contributed by atoms with Gasteiger partial charge < -0.3 is 0 Å². The van der Waals surface area contributed by atoms with Gasteiger partial charge in [-0.05, 0) is 60.5 Å². The maximum Gasteiger partial charge on any atom is -0.00113 e. The number of hydrogen-bond donors (Lipinski definition) is 0. The fraction of sp³-hybridized carbons (Fsp3) is 0.182. The molecule has 0 heteroatoms. The van der Waals surface area contributed by atoms with Crippen molar-refractivity contribution in [1.82, 2.24) is 0 Å². The molecule has 0 aliphatic heterocycles. The molecule has 0 atom stereocenters. The van der Waals surface area contributed by atoms with Crippen LogP contribution in [0.15, 0.2) is 54.6 Å². The van der Waals surface area contributed by atoms with Crippen molar-refractivity contribution in [2.45, 2.75) is 26.2 Å². The summed E-state index contributed by atoms with van der Waals surface area (Å²) in [5.41, 5.74) is 4.39. The van der Waals surface area contributed by atoms with Gasteiger partial charge in [0.25, 0.3) is 0 Å². The molecule has 1 aliphatic rings. The first-order valence-corrected chi connectivity index (χ1v) is 7.98. The highest BCUT2D eigenvalue weighted by molar-refractivity contribution is 6.33. The van der Waals surface area contributed by atoms with Crippen LogP contribution in [0.5, 0.6) is 0 Å². The van der Waals surface area contributed by atoms with Gasteiger partial charge in [0.1, 0.15) is 0 Å². The van der Waals surface area contributed by atoms with Gasteiger partial charge in [0.2, 0.25) is 0 Å². The van der Waals surface area contributed by atoms with Crippen LogP contribution in [0.1, 0.15) is 26.3 Å². The lowest BCUT2D eigenvalue weighted by atomic mass is 9.82. The third-order valence-corrected chi connectivity index (χ3v) is 5.08. The normalized spacial score (nSPS) is 13.2. The van der Waals surface area contributed by atoms with E-state index in [-0.39, 0.29) is 5.41 Å². The Morgan fingerprint density at radius 3 is 1.95 bits per heavy atom. The van der Waals surface area contributed by atoms with Crippen LogP contribution in [0.3, 0.4) is 0 Å². The van der Waals surface area contributed by atoms with Gasteiger partial charge >= 0.3 is 0 Å². The molecule has 0 bridgehead atoms. The lowest BCUT2D eigenvalue weighted by Gasteiger charge is -2.22. The zero-order valence-electron chi connectivity index (χ0n) is 13.2. The van der Waals surface area contributed by atoms with Gasteiger partial charge in [0.15, 0.2) is 0 Å². The fourth-order valence-corrected chi connectivity index (χ4v) is 4.14. The highest BCUT2D eigenvalue weighted by atomic mass is 14.3. The van der Waals surface area contributed by atoms with Crippen molar-refractivity contribution in [3.8, 4) is 11.1 Å². The van der Waals surface area contributed by atoms with E-state index in [2.05, 4.69) is 75.4 Å². The van der Waals surface area contributed by atoms with Crippen LogP contribution in [-0.2, 0) is 5.41 Å². The molecule has 0 nitrogen and oxygen atoms in total. The first-order valence-electron chi connectivity index (χ1n) is 7.98. The highest BCUT2D eigenvalue weighted by Gasteiger charge is 2.25. The Morgan fingerprint density at radius 1 is 0.636 bits per heavy atom. The summed E-state index contributed by atoms with van der Waals surface area (Å²) in [6.45, 7) is 6.93. The van der Waals surface area contributed by atoms with E-state index in [9.17, 15) is 0 Å². The number of hydrogen-bond acceptors (Lipinski definition) is 0. The molecular weight excluding hydrogens is 264 g/mol. The van der Waals surface area contributed by atoms with E-state index in [4.69, 9.17) is 0 Å². The first kappa shape index (κ1) is 12.2. The average Bonchev–Trinajstić information content (AvgIpc) is 2.84. The van der Waals surface area contributed by atoms with E-state index in [1.165, 1.54) is 49.0 Å². The largest absolute Gasteiger partial charge is 0.0610 e. The molecule has 0 heterocycles. The molecule has 0 fully saturated rings. The van der Waals surface area contributed by atoms with Crippen molar-refractivity contribution >= 4 is 32.3 Å². The van der Waals surface area contributed by atoms with E-state index in [1.54, 1.807) is 0 Å². The summed E-state index contributed by atoms with van der Waals surface area (Å²) in [6.07, 6.45) is 0. The Balaban J connectivity index is 2.18. The van der Waals surface area contributed by atoms with Crippen LogP contribution in [0.2, 0.25) is 0 Å². The monoisotopic (exact) mass is 282 g/mol. The minimum absolute atomic E-state index is 0.148. The van der Waals surface area contributed by atoms with Crippen LogP contribution in [0, 0.1) is 0 Å². The van der Waals surface area contributed by atoms with Crippen LogP contribution in [0.25, 0.3) is 43.4 Å². The van der Waals surface area contributed by atoms with Crippen molar-refractivity contribution in [2.75, 3.05) is 0 Å². The summed E-state index contributed by atoms with van der Waals surface area (Å²) in [5, 5.41) is 8.50. The molecule has 0 saturated heterocycles. The molecule has 0 amide bonds. The van der Waals surface area contributed by atoms with Gasteiger partial charge in [0, 0.05) is 0 Å². The quantitative estimate of drug-likeness (QED) is 0.287. The first-order chi connectivity index (χ1) is 10.6. The molecule has 0 N–H and O–H groups in total. The predicted molar refractivity (Wildman–Crippen MR) is 96.7 cm³/mol. The minimum atomic E-state index is 0.148. The molecule has 0 aromatic heterocycles. The minimum Gasteiger partial charge on any atom is -0.0610 e. The third-order valence-electron chi connectivity index (χ3n) is 5.08. The number of benzene rings is 4. The lowest BCUT2D eigenvalue weighted by molar-refractivity contribution is 0.596. The highest BCUT2D eigenvalue weighted by Crippen LogP contribution is 2.49. The SMILES string of the molecule is CC(C)(C)c1cc2cccc3c2c2c1ccc1cccc-3c12. The molecule has 0 unspecified atom stereocenters. The summed E-state index contributed by atoms with van der Waals surface area (Å²) < 4.78 is 0. The van der Waals surface area contributed by atoms with Gasteiger partial charge in [0.05, 0.1) is 0 Å². The Hall–Kier alpha value is -2.34. The summed E-state index contributed by atoms with van der Waals surface area (Å²) >= 11 is 0. The second kappa shape index (κ2) is 3.70. The summed E-state index contributed by atoms with van der Waals surface area (Å²) in [7, 11) is 0. The molecule has 106 valence electrons.